The fraction of sp³-hybridized carbons (Fsp3) is 0.286. The topological polar surface area (TPSA) is 51.1 Å². The number of amides is 1. The van der Waals surface area contributed by atoms with E-state index in [1.54, 1.807) is 6.20 Å². The maximum absolute atomic E-state index is 12.1. The minimum Gasteiger partial charge on any atom is -0.349 e. The first kappa shape index (κ1) is 11.0. The summed E-state index contributed by atoms with van der Waals surface area (Å²) in [5.41, 5.74) is 1.36. The summed E-state index contributed by atoms with van der Waals surface area (Å²) in [5, 5.41) is 3.78. The number of rotatable bonds is 2. The molecule has 4 heteroatoms. The summed E-state index contributed by atoms with van der Waals surface area (Å²) in [5.74, 6) is -0.176. The normalized spacial score (nSPS) is 14.7. The number of nitrogens with one attached hydrogen (secondary N) is 1. The van der Waals surface area contributed by atoms with Crippen molar-refractivity contribution in [1.29, 1.82) is 0 Å². The van der Waals surface area contributed by atoms with Gasteiger partial charge in [0, 0.05) is 24.5 Å². The molecule has 4 nitrogen and oxygen atoms in total. The van der Waals surface area contributed by atoms with Crippen LogP contribution in [0.3, 0.4) is 0 Å². The van der Waals surface area contributed by atoms with Gasteiger partial charge in [-0.3, -0.25) is 14.2 Å². The van der Waals surface area contributed by atoms with E-state index in [1.807, 2.05) is 24.3 Å². The summed E-state index contributed by atoms with van der Waals surface area (Å²) >= 11 is 0. The van der Waals surface area contributed by atoms with Crippen molar-refractivity contribution >= 4 is 22.7 Å². The number of aromatic nitrogens is 1. The van der Waals surface area contributed by atoms with Crippen LogP contribution >= 0.6 is 0 Å². The standard InChI is InChI=1S/C14H14N2O2/c1-9(17)16-8-12(14(18)15-10-6-7-10)11-4-2-3-5-13(11)16/h2-5,8,10H,6-7H2,1H3,(H,15,18). The highest BCUT2D eigenvalue weighted by atomic mass is 16.2. The quantitative estimate of drug-likeness (QED) is 0.877. The molecule has 0 radical (unpaired) electrons. The molecule has 1 aliphatic rings. The van der Waals surface area contributed by atoms with Gasteiger partial charge in [-0.1, -0.05) is 18.2 Å². The number of nitrogens with zero attached hydrogens (tertiary/aromatic N) is 1. The third-order valence-electron chi connectivity index (χ3n) is 3.21. The fourth-order valence-corrected chi connectivity index (χ4v) is 2.11. The predicted octanol–water partition coefficient (Wildman–Crippen LogP) is 2.19. The molecule has 1 N–H and O–H groups in total. The maximum Gasteiger partial charge on any atom is 0.253 e. The van der Waals surface area contributed by atoms with Crippen LogP contribution in [0.25, 0.3) is 10.9 Å². The van der Waals surface area contributed by atoms with Gasteiger partial charge in [-0.15, -0.1) is 0 Å². The number of benzene rings is 1. The van der Waals surface area contributed by atoms with Gasteiger partial charge >= 0.3 is 0 Å². The van der Waals surface area contributed by atoms with Crippen LogP contribution in [-0.2, 0) is 0 Å². The first-order chi connectivity index (χ1) is 8.66. The Hall–Kier alpha value is -2.10. The Morgan fingerprint density at radius 2 is 2.00 bits per heavy atom. The second-order valence-electron chi connectivity index (χ2n) is 4.70. The van der Waals surface area contributed by atoms with Crippen LogP contribution in [0.2, 0.25) is 0 Å². The molecule has 1 heterocycles. The molecule has 1 saturated carbocycles. The van der Waals surface area contributed by atoms with Gasteiger partial charge in [0.1, 0.15) is 0 Å². The van der Waals surface area contributed by atoms with Crippen molar-refractivity contribution in [3.05, 3.63) is 36.0 Å². The molecule has 1 amide bonds. The molecule has 92 valence electrons. The van der Waals surface area contributed by atoms with Crippen LogP contribution in [0, 0.1) is 0 Å². The average molecular weight is 242 g/mol. The Morgan fingerprint density at radius 1 is 1.28 bits per heavy atom. The van der Waals surface area contributed by atoms with E-state index >= 15 is 0 Å². The van der Waals surface area contributed by atoms with E-state index in [2.05, 4.69) is 5.32 Å². The number of para-hydroxylation sites is 1. The molecule has 1 fully saturated rings. The highest BCUT2D eigenvalue weighted by molar-refractivity contribution is 6.09. The first-order valence-electron chi connectivity index (χ1n) is 6.08. The summed E-state index contributed by atoms with van der Waals surface area (Å²) in [6.07, 6.45) is 3.74. The zero-order chi connectivity index (χ0) is 12.7. The zero-order valence-electron chi connectivity index (χ0n) is 10.1. The second kappa shape index (κ2) is 3.98. The molecule has 1 aromatic heterocycles. The van der Waals surface area contributed by atoms with Crippen LogP contribution in [0.1, 0.15) is 34.9 Å². The van der Waals surface area contributed by atoms with Crippen molar-refractivity contribution in [3.63, 3.8) is 0 Å². The molecule has 0 atom stereocenters. The van der Waals surface area contributed by atoms with Crippen molar-refractivity contribution in [2.24, 2.45) is 0 Å². The molecule has 0 aliphatic heterocycles. The summed E-state index contributed by atoms with van der Waals surface area (Å²) in [6, 6.07) is 7.78. The van der Waals surface area contributed by atoms with Gasteiger partial charge in [-0.2, -0.15) is 0 Å². The SMILES string of the molecule is CC(=O)n1cc(C(=O)NC2CC2)c2ccccc21. The minimum atomic E-state index is -0.0892. The number of hydrogen-bond donors (Lipinski definition) is 1. The Balaban J connectivity index is 2.10. The van der Waals surface area contributed by atoms with Gasteiger partial charge < -0.3 is 5.32 Å². The van der Waals surface area contributed by atoms with Crippen molar-refractivity contribution in [2.75, 3.05) is 0 Å². The Kier molecular flexibility index (Phi) is 2.44. The predicted molar refractivity (Wildman–Crippen MR) is 68.7 cm³/mol. The lowest BCUT2D eigenvalue weighted by molar-refractivity contribution is 0.0941. The lowest BCUT2D eigenvalue weighted by Crippen LogP contribution is -2.25. The average Bonchev–Trinajstić information content (AvgIpc) is 3.07. The molecule has 0 unspecified atom stereocenters. The van der Waals surface area contributed by atoms with Crippen LogP contribution < -0.4 is 5.32 Å². The number of carbonyl (C=O) groups excluding carboxylic acids is 2. The third-order valence-corrected chi connectivity index (χ3v) is 3.21. The summed E-state index contributed by atoms with van der Waals surface area (Å²) in [4.78, 5) is 23.7. The molecule has 0 saturated heterocycles. The van der Waals surface area contributed by atoms with E-state index in [-0.39, 0.29) is 11.8 Å². The van der Waals surface area contributed by atoms with Crippen LogP contribution in [0.4, 0.5) is 0 Å². The smallest absolute Gasteiger partial charge is 0.253 e. The van der Waals surface area contributed by atoms with E-state index in [0.717, 1.165) is 23.7 Å². The summed E-state index contributed by atoms with van der Waals surface area (Å²) < 4.78 is 1.52. The number of hydrogen-bond acceptors (Lipinski definition) is 2. The lowest BCUT2D eigenvalue weighted by Gasteiger charge is -2.00. The van der Waals surface area contributed by atoms with Crippen molar-refractivity contribution < 1.29 is 9.59 Å². The van der Waals surface area contributed by atoms with Gasteiger partial charge in [0.2, 0.25) is 5.91 Å². The monoisotopic (exact) mass is 242 g/mol. The molecule has 3 rings (SSSR count). The molecular formula is C14H14N2O2. The lowest BCUT2D eigenvalue weighted by atomic mass is 10.1. The Labute approximate surface area is 105 Å². The summed E-state index contributed by atoms with van der Waals surface area (Å²) in [6.45, 7) is 1.50. The molecule has 0 spiro atoms. The van der Waals surface area contributed by atoms with Crippen LogP contribution in [0.15, 0.2) is 30.5 Å². The number of carbonyl (C=O) groups is 2. The van der Waals surface area contributed by atoms with E-state index in [9.17, 15) is 9.59 Å². The molecule has 2 aromatic rings. The van der Waals surface area contributed by atoms with Crippen LogP contribution in [0.5, 0.6) is 0 Å². The van der Waals surface area contributed by atoms with Gasteiger partial charge in [0.25, 0.3) is 5.91 Å². The van der Waals surface area contributed by atoms with Gasteiger partial charge in [-0.25, -0.2) is 0 Å². The first-order valence-corrected chi connectivity index (χ1v) is 6.08. The van der Waals surface area contributed by atoms with Crippen molar-refractivity contribution in [1.82, 2.24) is 9.88 Å². The fourth-order valence-electron chi connectivity index (χ4n) is 2.11. The molecule has 0 bridgehead atoms. The maximum atomic E-state index is 12.1. The largest absolute Gasteiger partial charge is 0.349 e. The number of fused-ring (bicyclic) bond motifs is 1. The Bertz CT molecular complexity index is 638. The highest BCUT2D eigenvalue weighted by Gasteiger charge is 2.25. The van der Waals surface area contributed by atoms with Crippen molar-refractivity contribution in [3.8, 4) is 0 Å². The van der Waals surface area contributed by atoms with E-state index < -0.39 is 0 Å². The van der Waals surface area contributed by atoms with E-state index in [0.29, 0.717) is 11.6 Å². The Morgan fingerprint density at radius 3 is 2.67 bits per heavy atom. The second-order valence-corrected chi connectivity index (χ2v) is 4.70. The van der Waals surface area contributed by atoms with Crippen LogP contribution in [-0.4, -0.2) is 22.4 Å². The van der Waals surface area contributed by atoms with Crippen molar-refractivity contribution in [2.45, 2.75) is 25.8 Å². The molecule has 1 aromatic carbocycles. The van der Waals surface area contributed by atoms with Gasteiger partial charge in [0.05, 0.1) is 11.1 Å². The third kappa shape index (κ3) is 1.79. The zero-order valence-corrected chi connectivity index (χ0v) is 10.1. The minimum absolute atomic E-state index is 0.0864. The highest BCUT2D eigenvalue weighted by Crippen LogP contribution is 2.24. The van der Waals surface area contributed by atoms with Gasteiger partial charge in [-0.05, 0) is 18.9 Å². The van der Waals surface area contributed by atoms with Gasteiger partial charge in [0.15, 0.2) is 0 Å². The van der Waals surface area contributed by atoms with E-state index in [1.165, 1.54) is 11.5 Å². The molecule has 1 aliphatic carbocycles. The molecule has 18 heavy (non-hydrogen) atoms. The summed E-state index contributed by atoms with van der Waals surface area (Å²) in [7, 11) is 0. The molecular weight excluding hydrogens is 228 g/mol. The van der Waals surface area contributed by atoms with E-state index in [4.69, 9.17) is 0 Å².